The maximum atomic E-state index is 12.4. The quantitative estimate of drug-likeness (QED) is 0.564. The molecule has 0 saturated heterocycles. The van der Waals surface area contributed by atoms with Crippen molar-refractivity contribution in [1.29, 1.82) is 0 Å². The molecule has 0 fully saturated rings. The molecular weight excluding hydrogens is 368 g/mol. The molecule has 0 spiro atoms. The fourth-order valence-electron chi connectivity index (χ4n) is 2.79. The van der Waals surface area contributed by atoms with E-state index in [1.54, 1.807) is 4.68 Å². The monoisotopic (exact) mass is 382 g/mol. The molecule has 0 saturated carbocycles. The summed E-state index contributed by atoms with van der Waals surface area (Å²) in [5.41, 5.74) is 2.56. The number of aryl methyl sites for hydroxylation is 1. The molecule has 2 aromatic heterocycles. The maximum absolute atomic E-state index is 12.4. The van der Waals surface area contributed by atoms with E-state index in [-0.39, 0.29) is 12.3 Å². The molecule has 4 aromatic rings. The van der Waals surface area contributed by atoms with Gasteiger partial charge in [0, 0.05) is 23.4 Å². The van der Waals surface area contributed by atoms with Crippen LogP contribution in [0.5, 0.6) is 0 Å². The van der Waals surface area contributed by atoms with Crippen LogP contribution in [0.25, 0.3) is 21.5 Å². The fraction of sp³-hybridized carbons (Fsp3) is 0.105. The molecule has 0 unspecified atom stereocenters. The van der Waals surface area contributed by atoms with Gasteiger partial charge in [0.2, 0.25) is 5.91 Å². The maximum Gasteiger partial charge on any atom is 0.231 e. The number of anilines is 1. The lowest BCUT2D eigenvalue weighted by atomic mass is 10.2. The van der Waals surface area contributed by atoms with Crippen molar-refractivity contribution in [2.45, 2.75) is 6.42 Å². The summed E-state index contributed by atoms with van der Waals surface area (Å²) in [6.07, 6.45) is 0.186. The van der Waals surface area contributed by atoms with Gasteiger partial charge >= 0.3 is 0 Å². The van der Waals surface area contributed by atoms with Crippen molar-refractivity contribution >= 4 is 45.6 Å². The summed E-state index contributed by atoms with van der Waals surface area (Å²) in [6, 6.07) is 15.3. The number of hydrogen-bond donors (Lipinski definition) is 1. The number of hydrogen-bond acceptors (Lipinski definition) is 4. The number of nitrogens with zero attached hydrogens (tertiary/aromatic N) is 3. The number of rotatable bonds is 4. The van der Waals surface area contributed by atoms with Gasteiger partial charge < -0.3 is 5.32 Å². The minimum absolute atomic E-state index is 0.148. The molecule has 7 heteroatoms. The average molecular weight is 383 g/mol. The van der Waals surface area contributed by atoms with Gasteiger partial charge in [-0.3, -0.25) is 9.48 Å². The number of nitrogens with one attached hydrogen (secondary N) is 1. The van der Waals surface area contributed by atoms with Crippen LogP contribution < -0.4 is 5.32 Å². The first-order valence-electron chi connectivity index (χ1n) is 8.03. The Kier molecular flexibility index (Phi) is 4.44. The number of para-hydroxylation sites is 1. The van der Waals surface area contributed by atoms with Gasteiger partial charge in [0.25, 0.3) is 0 Å². The lowest BCUT2D eigenvalue weighted by Gasteiger charge is -2.01. The molecule has 1 amide bonds. The highest BCUT2D eigenvalue weighted by Crippen LogP contribution is 2.30. The molecule has 26 heavy (non-hydrogen) atoms. The third kappa shape index (κ3) is 3.21. The van der Waals surface area contributed by atoms with E-state index in [1.807, 2.05) is 61.0 Å². The van der Waals surface area contributed by atoms with E-state index in [0.29, 0.717) is 16.5 Å². The number of carbonyl (C=O) groups is 1. The highest BCUT2D eigenvalue weighted by Gasteiger charge is 2.14. The van der Waals surface area contributed by atoms with Crippen LogP contribution in [0.2, 0.25) is 5.02 Å². The van der Waals surface area contributed by atoms with Crippen LogP contribution in [0.15, 0.2) is 53.9 Å². The van der Waals surface area contributed by atoms with Crippen LogP contribution in [0.1, 0.15) is 5.69 Å². The molecule has 2 aromatic carbocycles. The number of benzene rings is 2. The van der Waals surface area contributed by atoms with Crippen LogP contribution in [-0.2, 0) is 18.3 Å². The number of carbonyl (C=O) groups excluding carboxylic acids is 1. The number of halogens is 1. The topological polar surface area (TPSA) is 59.8 Å². The van der Waals surface area contributed by atoms with Gasteiger partial charge in [0.1, 0.15) is 5.01 Å². The van der Waals surface area contributed by atoms with Crippen molar-refractivity contribution in [2.24, 2.45) is 7.05 Å². The third-order valence-corrected chi connectivity index (χ3v) is 5.27. The second-order valence-corrected chi connectivity index (χ2v) is 7.10. The van der Waals surface area contributed by atoms with Crippen molar-refractivity contribution in [1.82, 2.24) is 14.8 Å². The fourth-order valence-corrected chi connectivity index (χ4v) is 3.93. The standard InChI is InChI=1S/C19H15ClN4OS/c1-24-16-9-5-3-7-14(16)18(23-24)22-17(25)10-12-11-26-19(21-12)13-6-2-4-8-15(13)20/h2-9,11H,10H2,1H3,(H,22,23,25). The second-order valence-electron chi connectivity index (χ2n) is 5.84. The molecule has 5 nitrogen and oxygen atoms in total. The molecule has 0 radical (unpaired) electrons. The summed E-state index contributed by atoms with van der Waals surface area (Å²) in [5.74, 6) is 0.416. The molecule has 0 bridgehead atoms. The summed E-state index contributed by atoms with van der Waals surface area (Å²) in [5, 5.41) is 11.5. The SMILES string of the molecule is Cn1nc(NC(=O)Cc2csc(-c3ccccc3Cl)n2)c2ccccc21. The van der Waals surface area contributed by atoms with Crippen LogP contribution in [0.3, 0.4) is 0 Å². The first-order chi connectivity index (χ1) is 12.6. The molecule has 1 N–H and O–H groups in total. The molecule has 4 rings (SSSR count). The van der Waals surface area contributed by atoms with Gasteiger partial charge in [-0.25, -0.2) is 4.98 Å². The van der Waals surface area contributed by atoms with Crippen molar-refractivity contribution in [3.63, 3.8) is 0 Å². The van der Waals surface area contributed by atoms with Crippen LogP contribution in [-0.4, -0.2) is 20.7 Å². The zero-order chi connectivity index (χ0) is 18.1. The molecule has 0 aliphatic carbocycles. The summed E-state index contributed by atoms with van der Waals surface area (Å²) in [4.78, 5) is 17.0. The zero-order valence-electron chi connectivity index (χ0n) is 13.9. The molecule has 0 aliphatic rings. The minimum atomic E-state index is -0.148. The van der Waals surface area contributed by atoms with Crippen LogP contribution in [0.4, 0.5) is 5.82 Å². The van der Waals surface area contributed by atoms with Gasteiger partial charge in [-0.05, 0) is 18.2 Å². The smallest absolute Gasteiger partial charge is 0.231 e. The molecule has 0 atom stereocenters. The Morgan fingerprint density at radius 1 is 1.19 bits per heavy atom. The van der Waals surface area contributed by atoms with Crippen molar-refractivity contribution in [2.75, 3.05) is 5.32 Å². The number of amides is 1. The molecule has 130 valence electrons. The Hall–Kier alpha value is -2.70. The van der Waals surface area contributed by atoms with E-state index in [0.717, 1.165) is 21.5 Å². The van der Waals surface area contributed by atoms with E-state index in [9.17, 15) is 4.79 Å². The average Bonchev–Trinajstić information content (AvgIpc) is 3.21. The Morgan fingerprint density at radius 2 is 1.96 bits per heavy atom. The molecule has 0 aliphatic heterocycles. The van der Waals surface area contributed by atoms with Crippen LogP contribution >= 0.6 is 22.9 Å². The number of fused-ring (bicyclic) bond motifs is 1. The molecule has 2 heterocycles. The van der Waals surface area contributed by atoms with E-state index < -0.39 is 0 Å². The lowest BCUT2D eigenvalue weighted by Crippen LogP contribution is -2.15. The number of thiazole rings is 1. The van der Waals surface area contributed by atoms with E-state index in [2.05, 4.69) is 15.4 Å². The second kappa shape index (κ2) is 6.90. The van der Waals surface area contributed by atoms with Gasteiger partial charge in [-0.15, -0.1) is 11.3 Å². The predicted octanol–water partition coefficient (Wildman–Crippen LogP) is 4.53. The van der Waals surface area contributed by atoms with Crippen molar-refractivity contribution in [3.05, 3.63) is 64.6 Å². The highest BCUT2D eigenvalue weighted by atomic mass is 35.5. The van der Waals surface area contributed by atoms with E-state index >= 15 is 0 Å². The lowest BCUT2D eigenvalue weighted by molar-refractivity contribution is -0.115. The Balaban J connectivity index is 1.51. The highest BCUT2D eigenvalue weighted by molar-refractivity contribution is 7.13. The summed E-state index contributed by atoms with van der Waals surface area (Å²) >= 11 is 7.69. The first-order valence-corrected chi connectivity index (χ1v) is 9.28. The zero-order valence-corrected chi connectivity index (χ0v) is 15.5. The third-order valence-electron chi connectivity index (χ3n) is 4.01. The normalized spacial score (nSPS) is 11.0. The van der Waals surface area contributed by atoms with Crippen LogP contribution in [0, 0.1) is 0 Å². The van der Waals surface area contributed by atoms with Gasteiger partial charge in [0.15, 0.2) is 5.82 Å². The van der Waals surface area contributed by atoms with Gasteiger partial charge in [-0.1, -0.05) is 41.9 Å². The van der Waals surface area contributed by atoms with Gasteiger partial charge in [-0.2, -0.15) is 5.10 Å². The largest absolute Gasteiger partial charge is 0.308 e. The summed E-state index contributed by atoms with van der Waals surface area (Å²) in [7, 11) is 1.86. The van der Waals surface area contributed by atoms with Crippen molar-refractivity contribution < 1.29 is 4.79 Å². The summed E-state index contributed by atoms with van der Waals surface area (Å²) < 4.78 is 1.75. The van der Waals surface area contributed by atoms with E-state index in [4.69, 9.17) is 11.6 Å². The first kappa shape index (κ1) is 16.8. The molecular formula is C19H15ClN4OS. The van der Waals surface area contributed by atoms with E-state index in [1.165, 1.54) is 11.3 Å². The Labute approximate surface area is 159 Å². The predicted molar refractivity (Wildman–Crippen MR) is 106 cm³/mol. The van der Waals surface area contributed by atoms with Crippen molar-refractivity contribution in [3.8, 4) is 10.6 Å². The number of aromatic nitrogens is 3. The minimum Gasteiger partial charge on any atom is -0.308 e. The van der Waals surface area contributed by atoms with Gasteiger partial charge in [0.05, 0.1) is 22.7 Å². The Bertz CT molecular complexity index is 1100. The summed E-state index contributed by atoms with van der Waals surface area (Å²) in [6.45, 7) is 0. The Morgan fingerprint density at radius 3 is 2.81 bits per heavy atom.